The van der Waals surface area contributed by atoms with Crippen molar-refractivity contribution in [2.24, 2.45) is 0 Å². The van der Waals surface area contributed by atoms with E-state index in [1.54, 1.807) is 0 Å². The quantitative estimate of drug-likeness (QED) is 0.781. The van der Waals surface area contributed by atoms with E-state index in [1.807, 2.05) is 12.1 Å². The van der Waals surface area contributed by atoms with Crippen LogP contribution in [0.4, 0.5) is 0 Å². The molecule has 0 saturated carbocycles. The number of hydrogen-bond acceptors (Lipinski definition) is 2. The van der Waals surface area contributed by atoms with Crippen LogP contribution in [-0.2, 0) is 13.1 Å². The molecule has 116 valence electrons. The first kappa shape index (κ1) is 14.0. The SMILES string of the molecule is CN(C)Cc1cc2c(c(-c3cc4ccccc4[nH]3)c1)C(=O)NC2. The first-order valence-electron chi connectivity index (χ1n) is 7.78. The fraction of sp³-hybridized carbons (Fsp3) is 0.211. The fourth-order valence-corrected chi connectivity index (χ4v) is 3.33. The molecule has 23 heavy (non-hydrogen) atoms. The minimum Gasteiger partial charge on any atom is -0.355 e. The lowest BCUT2D eigenvalue weighted by Gasteiger charge is -2.13. The van der Waals surface area contributed by atoms with Gasteiger partial charge in [-0.3, -0.25) is 4.79 Å². The van der Waals surface area contributed by atoms with Crippen molar-refractivity contribution in [2.75, 3.05) is 14.1 Å². The Hall–Kier alpha value is -2.59. The molecule has 4 nitrogen and oxygen atoms in total. The molecule has 4 rings (SSSR count). The van der Waals surface area contributed by atoms with Crippen LogP contribution < -0.4 is 5.32 Å². The Labute approximate surface area is 135 Å². The predicted octanol–water partition coefficient (Wildman–Crippen LogP) is 3.14. The van der Waals surface area contributed by atoms with Gasteiger partial charge in [0.1, 0.15) is 0 Å². The van der Waals surface area contributed by atoms with Gasteiger partial charge in [-0.1, -0.05) is 24.3 Å². The highest BCUT2D eigenvalue weighted by molar-refractivity contribution is 6.05. The van der Waals surface area contributed by atoms with Crippen LogP contribution in [0.3, 0.4) is 0 Å². The number of hydrogen-bond donors (Lipinski definition) is 2. The minimum absolute atomic E-state index is 0.0186. The summed E-state index contributed by atoms with van der Waals surface area (Å²) in [5.41, 5.74) is 6.19. The molecular weight excluding hydrogens is 286 g/mol. The molecule has 1 aromatic heterocycles. The third-order valence-corrected chi connectivity index (χ3v) is 4.27. The molecule has 2 N–H and O–H groups in total. The summed E-state index contributed by atoms with van der Waals surface area (Å²) in [5, 5.41) is 4.10. The van der Waals surface area contributed by atoms with Crippen LogP contribution in [0.2, 0.25) is 0 Å². The van der Waals surface area contributed by atoms with Gasteiger partial charge in [-0.05, 0) is 43.4 Å². The van der Waals surface area contributed by atoms with Crippen LogP contribution in [0.15, 0.2) is 42.5 Å². The first-order chi connectivity index (χ1) is 11.1. The maximum atomic E-state index is 12.3. The second-order valence-corrected chi connectivity index (χ2v) is 6.37. The molecule has 1 aliphatic heterocycles. The second kappa shape index (κ2) is 5.25. The maximum Gasteiger partial charge on any atom is 0.252 e. The molecule has 4 heteroatoms. The molecule has 0 spiro atoms. The second-order valence-electron chi connectivity index (χ2n) is 6.37. The number of amides is 1. The number of para-hydroxylation sites is 1. The average Bonchev–Trinajstić information content (AvgIpc) is 3.10. The van der Waals surface area contributed by atoms with Gasteiger partial charge in [0, 0.05) is 35.2 Å². The minimum atomic E-state index is 0.0186. The van der Waals surface area contributed by atoms with Gasteiger partial charge in [-0.2, -0.15) is 0 Å². The summed E-state index contributed by atoms with van der Waals surface area (Å²) in [7, 11) is 4.11. The van der Waals surface area contributed by atoms with Gasteiger partial charge in [0.15, 0.2) is 0 Å². The molecule has 0 fully saturated rings. The summed E-state index contributed by atoms with van der Waals surface area (Å²) >= 11 is 0. The number of fused-ring (bicyclic) bond motifs is 2. The molecule has 0 unspecified atom stereocenters. The van der Waals surface area contributed by atoms with Crippen molar-refractivity contribution in [3.05, 3.63) is 59.2 Å². The van der Waals surface area contributed by atoms with Crippen LogP contribution in [0.1, 0.15) is 21.5 Å². The van der Waals surface area contributed by atoms with Gasteiger partial charge in [-0.25, -0.2) is 0 Å². The summed E-state index contributed by atoms with van der Waals surface area (Å²) in [4.78, 5) is 17.9. The number of H-pyrrole nitrogens is 1. The Morgan fingerprint density at radius 2 is 1.96 bits per heavy atom. The van der Waals surface area contributed by atoms with E-state index < -0.39 is 0 Å². The van der Waals surface area contributed by atoms with E-state index >= 15 is 0 Å². The van der Waals surface area contributed by atoms with E-state index in [-0.39, 0.29) is 5.91 Å². The van der Waals surface area contributed by atoms with Crippen molar-refractivity contribution >= 4 is 16.8 Å². The summed E-state index contributed by atoms with van der Waals surface area (Å²) in [6.07, 6.45) is 0. The van der Waals surface area contributed by atoms with Crippen LogP contribution in [0.5, 0.6) is 0 Å². The highest BCUT2D eigenvalue weighted by atomic mass is 16.1. The Balaban J connectivity index is 1.92. The molecule has 2 heterocycles. The number of aromatic nitrogens is 1. The van der Waals surface area contributed by atoms with E-state index in [0.29, 0.717) is 6.54 Å². The van der Waals surface area contributed by atoms with Crippen molar-refractivity contribution in [3.8, 4) is 11.3 Å². The summed E-state index contributed by atoms with van der Waals surface area (Å²) in [6, 6.07) is 14.6. The van der Waals surface area contributed by atoms with Gasteiger partial charge in [0.05, 0.1) is 5.56 Å². The smallest absolute Gasteiger partial charge is 0.252 e. The highest BCUT2D eigenvalue weighted by Gasteiger charge is 2.25. The Bertz CT molecular complexity index is 875. The largest absolute Gasteiger partial charge is 0.355 e. The lowest BCUT2D eigenvalue weighted by atomic mass is 9.97. The molecule has 1 amide bonds. The van der Waals surface area contributed by atoms with Crippen molar-refractivity contribution in [2.45, 2.75) is 13.1 Å². The number of carbonyl (C=O) groups is 1. The molecule has 0 bridgehead atoms. The zero-order chi connectivity index (χ0) is 16.0. The molecular formula is C19H19N3O. The predicted molar refractivity (Wildman–Crippen MR) is 92.3 cm³/mol. The van der Waals surface area contributed by atoms with Crippen LogP contribution in [-0.4, -0.2) is 29.9 Å². The first-order valence-corrected chi connectivity index (χ1v) is 7.78. The number of carbonyl (C=O) groups excluding carboxylic acids is 1. The van der Waals surface area contributed by atoms with Crippen LogP contribution in [0.25, 0.3) is 22.2 Å². The molecule has 3 aromatic rings. The monoisotopic (exact) mass is 305 g/mol. The maximum absolute atomic E-state index is 12.3. The molecule has 0 radical (unpaired) electrons. The van der Waals surface area contributed by atoms with Gasteiger partial charge in [0.2, 0.25) is 0 Å². The lowest BCUT2D eigenvalue weighted by Crippen LogP contribution is -2.13. The number of nitrogens with one attached hydrogen (secondary N) is 2. The van der Waals surface area contributed by atoms with Crippen molar-refractivity contribution < 1.29 is 4.79 Å². The number of aromatic amines is 1. The normalized spacial score (nSPS) is 13.6. The third-order valence-electron chi connectivity index (χ3n) is 4.27. The van der Waals surface area contributed by atoms with Gasteiger partial charge in [-0.15, -0.1) is 0 Å². The van der Waals surface area contributed by atoms with E-state index in [1.165, 1.54) is 5.56 Å². The zero-order valence-corrected chi connectivity index (χ0v) is 13.3. The Morgan fingerprint density at radius 1 is 1.13 bits per heavy atom. The summed E-state index contributed by atoms with van der Waals surface area (Å²) < 4.78 is 0. The molecule has 0 aliphatic carbocycles. The highest BCUT2D eigenvalue weighted by Crippen LogP contribution is 2.32. The summed E-state index contributed by atoms with van der Waals surface area (Å²) in [5.74, 6) is 0.0186. The van der Waals surface area contributed by atoms with E-state index in [9.17, 15) is 4.79 Å². The number of nitrogens with zero attached hydrogens (tertiary/aromatic N) is 1. The molecule has 2 aromatic carbocycles. The summed E-state index contributed by atoms with van der Waals surface area (Å²) in [6.45, 7) is 1.47. The van der Waals surface area contributed by atoms with Gasteiger partial charge < -0.3 is 15.2 Å². The van der Waals surface area contributed by atoms with Crippen molar-refractivity contribution in [1.29, 1.82) is 0 Å². The Morgan fingerprint density at radius 3 is 2.74 bits per heavy atom. The van der Waals surface area contributed by atoms with E-state index in [0.717, 1.165) is 39.8 Å². The fourth-order valence-electron chi connectivity index (χ4n) is 3.33. The number of rotatable bonds is 3. The molecule has 0 atom stereocenters. The lowest BCUT2D eigenvalue weighted by molar-refractivity contribution is 0.0966. The van der Waals surface area contributed by atoms with Crippen LogP contribution in [0, 0.1) is 0 Å². The zero-order valence-electron chi connectivity index (χ0n) is 13.3. The van der Waals surface area contributed by atoms with Crippen molar-refractivity contribution in [1.82, 2.24) is 15.2 Å². The van der Waals surface area contributed by atoms with E-state index in [4.69, 9.17) is 0 Å². The van der Waals surface area contributed by atoms with Crippen LogP contribution >= 0.6 is 0 Å². The standard InChI is InChI=1S/C19H19N3O/c1-22(2)11-12-7-14-10-20-19(23)18(14)15(8-12)17-9-13-5-3-4-6-16(13)21-17/h3-9,21H,10-11H2,1-2H3,(H,20,23). The topological polar surface area (TPSA) is 48.1 Å². The Kier molecular flexibility index (Phi) is 3.20. The molecule has 0 saturated heterocycles. The van der Waals surface area contributed by atoms with Crippen molar-refractivity contribution in [3.63, 3.8) is 0 Å². The molecule has 1 aliphatic rings. The van der Waals surface area contributed by atoms with E-state index in [2.05, 4.69) is 59.6 Å². The number of benzene rings is 2. The third kappa shape index (κ3) is 2.41. The van der Waals surface area contributed by atoms with Gasteiger partial charge >= 0.3 is 0 Å². The average molecular weight is 305 g/mol. The van der Waals surface area contributed by atoms with Gasteiger partial charge in [0.25, 0.3) is 5.91 Å².